The first-order valence-corrected chi connectivity index (χ1v) is 7.27. The highest BCUT2D eigenvalue weighted by Crippen LogP contribution is 2.17. The molecule has 0 fully saturated rings. The molecule has 2 aromatic rings. The molecule has 0 saturated carbocycles. The van der Waals surface area contributed by atoms with E-state index in [0.29, 0.717) is 6.42 Å². The topological polar surface area (TPSA) is 60.9 Å². The number of fused-ring (bicyclic) bond motifs is 1. The molecule has 1 unspecified atom stereocenters. The average Bonchev–Trinajstić information content (AvgIpc) is 2.76. The molecule has 108 valence electrons. The quantitative estimate of drug-likeness (QED) is 0.879. The zero-order valence-corrected chi connectivity index (χ0v) is 12.5. The van der Waals surface area contributed by atoms with Gasteiger partial charge in [0.25, 0.3) is 0 Å². The fourth-order valence-corrected chi connectivity index (χ4v) is 2.38. The summed E-state index contributed by atoms with van der Waals surface area (Å²) in [6, 6.07) is 7.59. The van der Waals surface area contributed by atoms with E-state index in [1.54, 1.807) is 0 Å². The number of carbonyl (C=O) groups is 1. The van der Waals surface area contributed by atoms with Gasteiger partial charge < -0.3 is 10.3 Å². The Morgan fingerprint density at radius 3 is 2.70 bits per heavy atom. The molecule has 0 aliphatic rings. The predicted molar refractivity (Wildman–Crippen MR) is 81.5 cm³/mol. The summed E-state index contributed by atoms with van der Waals surface area (Å²) in [5.74, 6) is 1.05. The Balaban J connectivity index is 2.33. The van der Waals surface area contributed by atoms with E-state index < -0.39 is 6.04 Å². The summed E-state index contributed by atoms with van der Waals surface area (Å²) < 4.78 is 2.14. The molecule has 0 amide bonds. The molecular weight excluding hydrogens is 250 g/mol. The molecule has 2 N–H and O–H groups in total. The van der Waals surface area contributed by atoms with Gasteiger partial charge in [-0.3, -0.25) is 4.79 Å². The van der Waals surface area contributed by atoms with Gasteiger partial charge in [0.1, 0.15) is 5.82 Å². The smallest absolute Gasteiger partial charge is 0.157 e. The van der Waals surface area contributed by atoms with Crippen LogP contribution in [0.5, 0.6) is 0 Å². The van der Waals surface area contributed by atoms with Crippen molar-refractivity contribution < 1.29 is 4.79 Å². The van der Waals surface area contributed by atoms with Gasteiger partial charge in [-0.15, -0.1) is 0 Å². The summed E-state index contributed by atoms with van der Waals surface area (Å²) in [4.78, 5) is 16.8. The molecule has 1 atom stereocenters. The number of nitrogens with zero attached hydrogens (tertiary/aromatic N) is 2. The highest BCUT2D eigenvalue weighted by atomic mass is 16.1. The molecule has 2 rings (SSSR count). The van der Waals surface area contributed by atoms with Crippen molar-refractivity contribution in [3.05, 3.63) is 30.1 Å². The number of rotatable bonds is 6. The third-order valence-corrected chi connectivity index (χ3v) is 3.60. The zero-order chi connectivity index (χ0) is 14.7. The number of carbonyl (C=O) groups excluding carboxylic acids is 1. The monoisotopic (exact) mass is 273 g/mol. The van der Waals surface area contributed by atoms with Gasteiger partial charge in [-0.1, -0.05) is 32.9 Å². The van der Waals surface area contributed by atoms with E-state index in [1.807, 2.05) is 38.1 Å². The SMILES string of the molecule is CCCn1c(CC(=O)C(N)C(C)C)nc2ccccc21. The van der Waals surface area contributed by atoms with Crippen LogP contribution >= 0.6 is 0 Å². The van der Waals surface area contributed by atoms with Gasteiger partial charge in [0.05, 0.1) is 23.5 Å². The minimum absolute atomic E-state index is 0.0626. The Morgan fingerprint density at radius 1 is 1.35 bits per heavy atom. The number of para-hydroxylation sites is 2. The van der Waals surface area contributed by atoms with Crippen LogP contribution in [-0.4, -0.2) is 21.4 Å². The van der Waals surface area contributed by atoms with Crippen molar-refractivity contribution in [2.75, 3.05) is 0 Å². The van der Waals surface area contributed by atoms with Crippen LogP contribution in [-0.2, 0) is 17.8 Å². The summed E-state index contributed by atoms with van der Waals surface area (Å²) in [7, 11) is 0. The Labute approximate surface area is 120 Å². The van der Waals surface area contributed by atoms with Gasteiger partial charge >= 0.3 is 0 Å². The summed E-state index contributed by atoms with van der Waals surface area (Å²) in [5.41, 5.74) is 7.98. The van der Waals surface area contributed by atoms with E-state index in [2.05, 4.69) is 16.5 Å². The number of aryl methyl sites for hydroxylation is 1. The first-order chi connectivity index (χ1) is 9.54. The average molecular weight is 273 g/mol. The van der Waals surface area contributed by atoms with Crippen LogP contribution in [0.4, 0.5) is 0 Å². The summed E-state index contributed by atoms with van der Waals surface area (Å²) in [6.07, 6.45) is 1.33. The lowest BCUT2D eigenvalue weighted by Gasteiger charge is -2.14. The maximum absolute atomic E-state index is 12.2. The Kier molecular flexibility index (Phi) is 4.55. The van der Waals surface area contributed by atoms with Crippen molar-refractivity contribution in [3.8, 4) is 0 Å². The lowest BCUT2D eigenvalue weighted by atomic mass is 9.99. The van der Waals surface area contributed by atoms with Crippen molar-refractivity contribution in [1.29, 1.82) is 0 Å². The van der Waals surface area contributed by atoms with Gasteiger partial charge in [0.2, 0.25) is 0 Å². The molecule has 0 spiro atoms. The van der Waals surface area contributed by atoms with Gasteiger partial charge in [-0.25, -0.2) is 4.98 Å². The molecular formula is C16H23N3O. The van der Waals surface area contributed by atoms with Gasteiger partial charge in [0, 0.05) is 6.54 Å². The summed E-state index contributed by atoms with van der Waals surface area (Å²) in [6.45, 7) is 6.94. The number of aromatic nitrogens is 2. The van der Waals surface area contributed by atoms with Crippen LogP contribution in [0.1, 0.15) is 33.0 Å². The Hall–Kier alpha value is -1.68. The van der Waals surface area contributed by atoms with E-state index in [-0.39, 0.29) is 11.7 Å². The van der Waals surface area contributed by atoms with Crippen LogP contribution in [0.2, 0.25) is 0 Å². The van der Waals surface area contributed by atoms with Gasteiger partial charge in [-0.2, -0.15) is 0 Å². The van der Waals surface area contributed by atoms with Crippen molar-refractivity contribution in [3.63, 3.8) is 0 Å². The minimum Gasteiger partial charge on any atom is -0.328 e. The van der Waals surface area contributed by atoms with E-state index in [0.717, 1.165) is 29.8 Å². The highest BCUT2D eigenvalue weighted by molar-refractivity contribution is 5.86. The van der Waals surface area contributed by atoms with Gasteiger partial charge in [-0.05, 0) is 24.5 Å². The van der Waals surface area contributed by atoms with Crippen LogP contribution in [0.25, 0.3) is 11.0 Å². The van der Waals surface area contributed by atoms with Crippen molar-refractivity contribution in [2.24, 2.45) is 11.7 Å². The molecule has 1 aromatic heterocycles. The third-order valence-electron chi connectivity index (χ3n) is 3.60. The first kappa shape index (κ1) is 14.7. The van der Waals surface area contributed by atoms with Crippen LogP contribution in [0.3, 0.4) is 0 Å². The van der Waals surface area contributed by atoms with Crippen LogP contribution < -0.4 is 5.73 Å². The molecule has 0 bridgehead atoms. The second kappa shape index (κ2) is 6.18. The molecule has 1 heterocycles. The lowest BCUT2D eigenvalue weighted by molar-refractivity contribution is -0.120. The molecule has 0 saturated heterocycles. The molecule has 20 heavy (non-hydrogen) atoms. The standard InChI is InChI=1S/C16H23N3O/c1-4-9-19-13-8-6-5-7-12(13)18-15(19)10-14(20)16(17)11(2)3/h5-8,11,16H,4,9-10,17H2,1-3H3. The van der Waals surface area contributed by atoms with Gasteiger partial charge in [0.15, 0.2) is 5.78 Å². The second-order valence-corrected chi connectivity index (χ2v) is 5.58. The third kappa shape index (κ3) is 2.90. The van der Waals surface area contributed by atoms with Crippen molar-refractivity contribution in [2.45, 2.75) is 46.2 Å². The number of ketones is 1. The Morgan fingerprint density at radius 2 is 2.05 bits per heavy atom. The fraction of sp³-hybridized carbons (Fsp3) is 0.500. The number of hydrogen-bond donors (Lipinski definition) is 1. The molecule has 0 aliphatic carbocycles. The Bertz CT molecular complexity index is 601. The molecule has 4 heteroatoms. The molecule has 0 radical (unpaired) electrons. The number of benzene rings is 1. The van der Waals surface area contributed by atoms with E-state index in [9.17, 15) is 4.79 Å². The lowest BCUT2D eigenvalue weighted by Crippen LogP contribution is -2.37. The van der Waals surface area contributed by atoms with Crippen molar-refractivity contribution in [1.82, 2.24) is 9.55 Å². The molecule has 1 aromatic carbocycles. The summed E-state index contributed by atoms with van der Waals surface area (Å²) >= 11 is 0. The van der Waals surface area contributed by atoms with E-state index in [4.69, 9.17) is 5.73 Å². The largest absolute Gasteiger partial charge is 0.328 e. The van der Waals surface area contributed by atoms with Crippen LogP contribution in [0.15, 0.2) is 24.3 Å². The normalized spacial score (nSPS) is 13.1. The number of nitrogens with two attached hydrogens (primary N) is 1. The maximum atomic E-state index is 12.2. The minimum atomic E-state index is -0.412. The zero-order valence-electron chi connectivity index (χ0n) is 12.5. The van der Waals surface area contributed by atoms with E-state index in [1.165, 1.54) is 0 Å². The second-order valence-electron chi connectivity index (χ2n) is 5.58. The highest BCUT2D eigenvalue weighted by Gasteiger charge is 2.20. The summed E-state index contributed by atoms with van der Waals surface area (Å²) in [5, 5.41) is 0. The molecule has 0 aliphatic heterocycles. The number of imidazole rings is 1. The fourth-order valence-electron chi connectivity index (χ4n) is 2.38. The number of hydrogen-bond acceptors (Lipinski definition) is 3. The van der Waals surface area contributed by atoms with E-state index >= 15 is 0 Å². The predicted octanol–water partition coefficient (Wildman–Crippen LogP) is 2.54. The first-order valence-electron chi connectivity index (χ1n) is 7.27. The number of Topliss-reactive ketones (excluding diaryl/α,β-unsaturated/α-hetero) is 1. The maximum Gasteiger partial charge on any atom is 0.157 e. The molecule has 4 nitrogen and oxygen atoms in total. The van der Waals surface area contributed by atoms with Crippen LogP contribution in [0, 0.1) is 5.92 Å². The van der Waals surface area contributed by atoms with Crippen molar-refractivity contribution >= 4 is 16.8 Å².